The van der Waals surface area contributed by atoms with Gasteiger partial charge < -0.3 is 25.2 Å². The summed E-state index contributed by atoms with van der Waals surface area (Å²) in [5.41, 5.74) is 2.35. The first-order valence-corrected chi connectivity index (χ1v) is 15.8. The lowest BCUT2D eigenvalue weighted by atomic mass is 9.48. The molecule has 2 saturated heterocycles. The van der Waals surface area contributed by atoms with Crippen LogP contribution in [0.3, 0.4) is 0 Å². The number of ether oxygens (including phenoxy) is 1. The molecular weight excluding hydrogens is 624 g/mol. The van der Waals surface area contributed by atoms with Crippen LogP contribution in [0.15, 0.2) is 54.6 Å². The fourth-order valence-corrected chi connectivity index (χ4v) is 6.50. The van der Waals surface area contributed by atoms with Crippen LogP contribution in [0.5, 0.6) is 0 Å². The number of anilines is 3. The molecule has 0 atom stereocenters. The van der Waals surface area contributed by atoms with Crippen LogP contribution < -0.4 is 15.5 Å². The molecule has 2 aliphatic rings. The van der Waals surface area contributed by atoms with Gasteiger partial charge >= 0.3 is 0 Å². The number of piperazine rings is 1. The molecule has 0 spiro atoms. The van der Waals surface area contributed by atoms with Crippen molar-refractivity contribution in [2.75, 3.05) is 41.7 Å². The van der Waals surface area contributed by atoms with Crippen LogP contribution in [-0.2, 0) is 9.95 Å². The normalized spacial score (nSPS) is 18.6. The number of rotatable bonds is 8. The Labute approximate surface area is 302 Å². The summed E-state index contributed by atoms with van der Waals surface area (Å²) < 4.78 is 33.5. The Balaban J connectivity index is 1.31. The maximum absolute atomic E-state index is 14.0. The van der Waals surface area contributed by atoms with E-state index in [-0.39, 0.29) is 29.8 Å². The summed E-state index contributed by atoms with van der Waals surface area (Å²) in [7, 11) is 54.8. The highest BCUT2D eigenvalue weighted by Gasteiger charge is 2.38. The monoisotopic (exact) mass is 650 g/mol. The zero-order valence-corrected chi connectivity index (χ0v) is 27.1. The Kier molecular flexibility index (Phi) is 9.65. The van der Waals surface area contributed by atoms with Crippen molar-refractivity contribution in [1.29, 1.82) is 0 Å². The lowest BCUT2D eigenvalue weighted by Crippen LogP contribution is -2.58. The van der Waals surface area contributed by atoms with Crippen LogP contribution in [-0.4, -0.2) is 140 Å². The third kappa shape index (κ3) is 7.89. The van der Waals surface area contributed by atoms with Crippen LogP contribution in [0.2, 0.25) is 0 Å². The number of carbonyl (C=O) groups is 1. The molecule has 2 aliphatic heterocycles. The van der Waals surface area contributed by atoms with Gasteiger partial charge in [0.2, 0.25) is 0 Å². The zero-order valence-electron chi connectivity index (χ0n) is 27.1. The van der Waals surface area contributed by atoms with E-state index in [2.05, 4.69) is 25.7 Å². The molecule has 4 aromatic rings. The molecule has 8 nitrogen and oxygen atoms in total. The van der Waals surface area contributed by atoms with E-state index in [1.165, 1.54) is 0 Å². The Morgan fingerprint density at radius 3 is 2.12 bits per heavy atom. The lowest BCUT2D eigenvalue weighted by molar-refractivity contribution is -0.0184. The average Bonchev–Trinajstić information content (AvgIpc) is 3.40. The molecule has 232 valence electrons. The van der Waals surface area contributed by atoms with E-state index in [4.69, 9.17) is 75.4 Å². The molecule has 1 aromatic heterocycles. The summed E-state index contributed by atoms with van der Waals surface area (Å²) >= 11 is 0. The number of halogens is 2. The molecule has 0 saturated carbocycles. The van der Waals surface area contributed by atoms with E-state index in [9.17, 15) is 13.6 Å². The van der Waals surface area contributed by atoms with Crippen molar-refractivity contribution in [3.05, 3.63) is 82.9 Å². The van der Waals surface area contributed by atoms with Gasteiger partial charge in [-0.2, -0.15) is 5.10 Å². The molecule has 6 rings (SSSR count). The lowest BCUT2D eigenvalue weighted by Gasteiger charge is -2.48. The van der Waals surface area contributed by atoms with Crippen molar-refractivity contribution in [3.63, 3.8) is 0 Å². The Morgan fingerprint density at radius 1 is 0.860 bits per heavy atom. The van der Waals surface area contributed by atoms with Gasteiger partial charge in [-0.15, -0.1) is 0 Å². The SMILES string of the molecule is [B]C1([B])CC(Nc2cc(N3CCN(C([B])([B])[B])CC3)ccc2C(=O)Nc2n[nH]c3ccc(C([B])([B])c4cc(F)cc(F)c4)cc23)CC([B])([B])O1. The number of nitrogens with one attached hydrogen (secondary N) is 3. The van der Waals surface area contributed by atoms with Gasteiger partial charge in [0.05, 0.1) is 81.7 Å². The van der Waals surface area contributed by atoms with Crippen molar-refractivity contribution >= 4 is 105 Å². The second kappa shape index (κ2) is 13.3. The van der Waals surface area contributed by atoms with Crippen molar-refractivity contribution in [2.45, 2.75) is 40.1 Å². The van der Waals surface area contributed by atoms with Gasteiger partial charge in [0, 0.05) is 55.0 Å². The van der Waals surface area contributed by atoms with Gasteiger partial charge in [0.1, 0.15) is 11.6 Å². The van der Waals surface area contributed by atoms with E-state index >= 15 is 0 Å². The molecule has 18 radical (unpaired) electrons. The van der Waals surface area contributed by atoms with E-state index < -0.39 is 44.8 Å². The van der Waals surface area contributed by atoms with E-state index in [0.717, 1.165) is 23.9 Å². The van der Waals surface area contributed by atoms with Crippen LogP contribution in [0, 0.1) is 11.6 Å². The largest absolute Gasteiger partial charge is 0.407 e. The number of nitrogens with zero attached hydrogens (tertiary/aromatic N) is 3. The minimum Gasteiger partial charge on any atom is -0.407 e. The molecule has 1 amide bonds. The minimum absolute atomic E-state index is 0.0140. The molecule has 0 bridgehead atoms. The number of hydrogen-bond acceptors (Lipinski definition) is 6. The quantitative estimate of drug-likeness (QED) is 0.241. The van der Waals surface area contributed by atoms with Crippen LogP contribution >= 0.6 is 0 Å². The molecule has 3 N–H and O–H groups in total. The predicted molar refractivity (Wildman–Crippen MR) is 199 cm³/mol. The number of carbonyl (C=O) groups excluding carboxylic acids is 1. The number of H-pyrrole nitrogens is 1. The summed E-state index contributed by atoms with van der Waals surface area (Å²) in [6, 6.07) is 12.5. The highest BCUT2D eigenvalue weighted by molar-refractivity contribution is 6.59. The standard InChI is InChI=1S/C31H25B9F2N6O2/c32-28(33)14-20(15-29(34,35)50-28)43-25-13-21(47-5-7-48(8-6-47)31(38,39)40)2-3-22(25)27(49)44-26-23-11-16(1-4-24(23)45-46-26)30(36,37)17-9-18(41)12-19(42)10-17/h1-4,9-13,20,43H,5-8,14-15H2,(H2,44,45,46,49). The second-order valence-corrected chi connectivity index (χ2v) is 13.2. The Hall–Kier alpha value is -3.44. The number of aromatic amines is 1. The number of aromatic nitrogens is 2. The highest BCUT2D eigenvalue weighted by Crippen LogP contribution is 2.35. The Morgan fingerprint density at radius 2 is 1.50 bits per heavy atom. The van der Waals surface area contributed by atoms with Crippen molar-refractivity contribution in [2.24, 2.45) is 0 Å². The van der Waals surface area contributed by atoms with Gasteiger partial charge in [0.25, 0.3) is 5.91 Å². The third-order valence-corrected chi connectivity index (χ3v) is 8.92. The third-order valence-electron chi connectivity index (χ3n) is 8.92. The number of fused-ring (bicyclic) bond motifs is 1. The molecule has 3 heterocycles. The number of amides is 1. The molecular formula is C31H25B9F2N6O2. The fourth-order valence-electron chi connectivity index (χ4n) is 6.50. The average molecular weight is 649 g/mol. The summed E-state index contributed by atoms with van der Waals surface area (Å²) in [4.78, 5) is 17.8. The highest BCUT2D eigenvalue weighted by atomic mass is 19.1. The van der Waals surface area contributed by atoms with Crippen molar-refractivity contribution < 1.29 is 18.3 Å². The number of hydrogen-bond donors (Lipinski definition) is 3. The molecule has 0 aliphatic carbocycles. The van der Waals surface area contributed by atoms with Gasteiger partial charge in [-0.3, -0.25) is 9.89 Å². The molecule has 19 heteroatoms. The first-order chi connectivity index (χ1) is 23.3. The van der Waals surface area contributed by atoms with Crippen LogP contribution in [0.25, 0.3) is 10.9 Å². The summed E-state index contributed by atoms with van der Waals surface area (Å²) in [6.45, 7) is 2.14. The predicted octanol–water partition coefficient (Wildman–Crippen LogP) is 0.443. The molecule has 0 unspecified atom stereocenters. The van der Waals surface area contributed by atoms with E-state index in [1.54, 1.807) is 29.2 Å². The number of benzene rings is 3. The van der Waals surface area contributed by atoms with Crippen molar-refractivity contribution in [1.82, 2.24) is 15.1 Å². The summed E-state index contributed by atoms with van der Waals surface area (Å²) in [6.07, 6.45) is 0.251. The smallest absolute Gasteiger partial charge is 0.258 e. The van der Waals surface area contributed by atoms with Crippen LogP contribution in [0.4, 0.5) is 26.0 Å². The Bertz CT molecular complexity index is 1880. The minimum atomic E-state index is -1.78. The maximum atomic E-state index is 14.0. The summed E-state index contributed by atoms with van der Waals surface area (Å²) in [5, 5.41) is 7.30. The van der Waals surface area contributed by atoms with Gasteiger partial charge in [-0.05, 0) is 71.7 Å². The zero-order chi connectivity index (χ0) is 36.2. The molecule has 3 aromatic carbocycles. The van der Waals surface area contributed by atoms with Gasteiger partial charge in [-0.25, -0.2) is 8.78 Å². The molecule has 50 heavy (non-hydrogen) atoms. The van der Waals surface area contributed by atoms with Gasteiger partial charge in [-0.1, -0.05) is 22.1 Å². The van der Waals surface area contributed by atoms with E-state index in [1.807, 2.05) is 12.1 Å². The first kappa shape index (κ1) is 36.4. The van der Waals surface area contributed by atoms with Crippen LogP contribution in [0.1, 0.15) is 34.3 Å². The summed E-state index contributed by atoms with van der Waals surface area (Å²) in [5.74, 6) is -2.02. The first-order valence-electron chi connectivity index (χ1n) is 15.8. The fraction of sp³-hybridized carbons (Fsp3) is 0.355. The maximum Gasteiger partial charge on any atom is 0.258 e. The molecule has 2 fully saturated rings. The van der Waals surface area contributed by atoms with Crippen molar-refractivity contribution in [3.8, 4) is 0 Å². The second-order valence-electron chi connectivity index (χ2n) is 13.2. The van der Waals surface area contributed by atoms with E-state index in [0.29, 0.717) is 48.3 Å². The van der Waals surface area contributed by atoms with Gasteiger partial charge in [0.15, 0.2) is 5.82 Å². The topological polar surface area (TPSA) is 85.5 Å².